The highest BCUT2D eigenvalue weighted by Crippen LogP contribution is 2.44. The number of benzene rings is 1. The van der Waals surface area contributed by atoms with Gasteiger partial charge in [-0.15, -0.1) is 0 Å². The van der Waals surface area contributed by atoms with Crippen LogP contribution in [0.3, 0.4) is 0 Å². The van der Waals surface area contributed by atoms with Crippen LogP contribution < -0.4 is 0 Å². The third kappa shape index (κ3) is 4.72. The van der Waals surface area contributed by atoms with E-state index in [1.54, 1.807) is 43.8 Å². The Hall–Kier alpha value is -2.77. The molecule has 1 aromatic heterocycles. The maximum atomic E-state index is 13.8. The first-order valence-corrected chi connectivity index (χ1v) is 12.1. The number of pyridine rings is 1. The summed E-state index contributed by atoms with van der Waals surface area (Å²) < 4.78 is 5.09. The van der Waals surface area contributed by atoms with Gasteiger partial charge < -0.3 is 9.64 Å². The number of imide groups is 1. The molecular weight excluding hydrogens is 454 g/mol. The van der Waals surface area contributed by atoms with Gasteiger partial charge >= 0.3 is 0 Å². The molecule has 4 rings (SSSR count). The van der Waals surface area contributed by atoms with Gasteiger partial charge in [0.25, 0.3) is 0 Å². The molecule has 0 saturated carbocycles. The Labute approximate surface area is 205 Å². The van der Waals surface area contributed by atoms with E-state index < -0.39 is 5.41 Å². The summed E-state index contributed by atoms with van der Waals surface area (Å²) in [4.78, 5) is 47.9. The second kappa shape index (κ2) is 10.7. The molecule has 2 aliphatic heterocycles. The molecule has 1 aromatic carbocycles. The molecule has 8 heteroatoms. The number of rotatable bonds is 8. The highest BCUT2D eigenvalue weighted by atomic mass is 35.5. The maximum absolute atomic E-state index is 13.8. The molecule has 0 aliphatic carbocycles. The lowest BCUT2D eigenvalue weighted by atomic mass is 9.75. The minimum atomic E-state index is -1.31. The number of carbonyl (C=O) groups is 3. The molecule has 7 nitrogen and oxygen atoms in total. The number of amides is 3. The second-order valence-corrected chi connectivity index (χ2v) is 9.40. The molecule has 0 unspecified atom stereocenters. The van der Waals surface area contributed by atoms with Crippen molar-refractivity contribution < 1.29 is 19.1 Å². The van der Waals surface area contributed by atoms with Crippen LogP contribution in [0.15, 0.2) is 48.8 Å². The van der Waals surface area contributed by atoms with E-state index in [2.05, 4.69) is 4.98 Å². The van der Waals surface area contributed by atoms with Gasteiger partial charge in [0.2, 0.25) is 17.7 Å². The van der Waals surface area contributed by atoms with E-state index in [9.17, 15) is 14.4 Å². The minimum absolute atomic E-state index is 0.0698. The minimum Gasteiger partial charge on any atom is -0.385 e. The fraction of sp³-hybridized carbons (Fsp3) is 0.462. The zero-order valence-corrected chi connectivity index (χ0v) is 20.2. The Bertz CT molecular complexity index is 1050. The Morgan fingerprint density at radius 2 is 2.03 bits per heavy atom. The Morgan fingerprint density at radius 1 is 1.21 bits per heavy atom. The number of likely N-dealkylation sites (tertiary alicyclic amines) is 2. The van der Waals surface area contributed by atoms with Crippen molar-refractivity contribution in [3.63, 3.8) is 0 Å². The number of methoxy groups -OCH3 is 1. The van der Waals surface area contributed by atoms with E-state index in [0.29, 0.717) is 30.2 Å². The van der Waals surface area contributed by atoms with Crippen LogP contribution in [0.2, 0.25) is 5.02 Å². The van der Waals surface area contributed by atoms with Gasteiger partial charge in [-0.05, 0) is 48.9 Å². The van der Waals surface area contributed by atoms with Crippen molar-refractivity contribution in [3.05, 3.63) is 64.9 Å². The smallest absolute Gasteiger partial charge is 0.240 e. The quantitative estimate of drug-likeness (QED) is 0.420. The predicted octanol–water partition coefficient (Wildman–Crippen LogP) is 3.91. The van der Waals surface area contributed by atoms with Crippen molar-refractivity contribution in [1.29, 1.82) is 0 Å². The number of hydrogen-bond donors (Lipinski definition) is 0. The summed E-state index contributed by atoms with van der Waals surface area (Å²) in [6.45, 7) is 1.31. The molecule has 2 atom stereocenters. The van der Waals surface area contributed by atoms with Gasteiger partial charge in [0, 0.05) is 57.1 Å². The Balaban J connectivity index is 1.67. The summed E-state index contributed by atoms with van der Waals surface area (Å²) in [6.07, 6.45) is 6.63. The van der Waals surface area contributed by atoms with E-state index >= 15 is 0 Å². The molecule has 2 saturated heterocycles. The Kier molecular flexibility index (Phi) is 7.63. The van der Waals surface area contributed by atoms with Crippen molar-refractivity contribution >= 4 is 29.3 Å². The zero-order chi connectivity index (χ0) is 24.1. The van der Waals surface area contributed by atoms with Crippen LogP contribution >= 0.6 is 11.6 Å². The summed E-state index contributed by atoms with van der Waals surface area (Å²) in [6, 6.07) is 10.8. The van der Waals surface area contributed by atoms with Crippen LogP contribution in [0.5, 0.6) is 0 Å². The number of carbonyl (C=O) groups excluding carboxylic acids is 3. The summed E-state index contributed by atoms with van der Waals surface area (Å²) in [5.74, 6) is -0.783. The third-order valence-electron chi connectivity index (χ3n) is 6.87. The molecule has 2 aromatic rings. The number of aromatic nitrogens is 1. The molecule has 0 bridgehead atoms. The van der Waals surface area contributed by atoms with Gasteiger partial charge in [-0.3, -0.25) is 24.3 Å². The Morgan fingerprint density at radius 3 is 2.76 bits per heavy atom. The van der Waals surface area contributed by atoms with Crippen LogP contribution in [0.25, 0.3) is 0 Å². The van der Waals surface area contributed by atoms with Crippen LogP contribution in [-0.2, 0) is 24.5 Å². The lowest BCUT2D eigenvalue weighted by molar-refractivity contribution is -0.144. The highest BCUT2D eigenvalue weighted by molar-refractivity contribution is 6.32. The van der Waals surface area contributed by atoms with Crippen molar-refractivity contribution in [3.8, 4) is 0 Å². The van der Waals surface area contributed by atoms with Crippen molar-refractivity contribution in [2.24, 2.45) is 0 Å². The second-order valence-electron chi connectivity index (χ2n) is 9.00. The molecule has 0 spiro atoms. The lowest BCUT2D eigenvalue weighted by Crippen LogP contribution is -2.46. The van der Waals surface area contributed by atoms with Crippen LogP contribution in [0.1, 0.15) is 55.7 Å². The average Bonchev–Trinajstić information content (AvgIpc) is 3.09. The highest BCUT2D eigenvalue weighted by Gasteiger charge is 2.55. The fourth-order valence-electron chi connectivity index (χ4n) is 5.20. The summed E-state index contributed by atoms with van der Waals surface area (Å²) >= 11 is 6.54. The van der Waals surface area contributed by atoms with Gasteiger partial charge in [0.05, 0.1) is 11.5 Å². The van der Waals surface area contributed by atoms with Gasteiger partial charge in [-0.25, -0.2) is 0 Å². The van der Waals surface area contributed by atoms with Crippen LogP contribution in [0.4, 0.5) is 0 Å². The normalized spacial score (nSPS) is 22.9. The molecule has 0 radical (unpaired) electrons. The maximum Gasteiger partial charge on any atom is 0.240 e. The van der Waals surface area contributed by atoms with Crippen molar-refractivity contribution in [2.75, 3.05) is 26.8 Å². The molecular formula is C26H30ClN3O4. The molecule has 2 fully saturated rings. The largest absolute Gasteiger partial charge is 0.385 e. The van der Waals surface area contributed by atoms with Gasteiger partial charge in [-0.2, -0.15) is 0 Å². The zero-order valence-electron chi connectivity index (χ0n) is 19.4. The van der Waals surface area contributed by atoms with E-state index in [1.807, 2.05) is 17.0 Å². The SMILES string of the molecule is COCCCN1C(=O)C[C@](CC(=O)N2CCCC[C@H]2c2cccnc2)(c2ccccc2Cl)C1=O. The lowest BCUT2D eigenvalue weighted by Gasteiger charge is -2.38. The molecule has 180 valence electrons. The average molecular weight is 484 g/mol. The molecule has 34 heavy (non-hydrogen) atoms. The summed E-state index contributed by atoms with van der Waals surface area (Å²) in [5.41, 5.74) is 0.209. The van der Waals surface area contributed by atoms with Gasteiger partial charge in [0.15, 0.2) is 0 Å². The molecule has 0 N–H and O–H groups in total. The first-order valence-electron chi connectivity index (χ1n) is 11.8. The van der Waals surface area contributed by atoms with Crippen molar-refractivity contribution in [1.82, 2.24) is 14.8 Å². The van der Waals surface area contributed by atoms with E-state index in [1.165, 1.54) is 4.90 Å². The number of hydrogen-bond acceptors (Lipinski definition) is 5. The summed E-state index contributed by atoms with van der Waals surface area (Å²) in [5, 5.41) is 0.387. The van der Waals surface area contributed by atoms with E-state index in [4.69, 9.17) is 16.3 Å². The van der Waals surface area contributed by atoms with Gasteiger partial charge in [0.1, 0.15) is 0 Å². The van der Waals surface area contributed by atoms with Crippen molar-refractivity contribution in [2.45, 2.75) is 50.0 Å². The van der Waals surface area contributed by atoms with Gasteiger partial charge in [-0.1, -0.05) is 35.9 Å². The number of halogens is 1. The first kappa shape index (κ1) is 24.4. The number of ether oxygens (including phenoxy) is 1. The number of nitrogens with zero attached hydrogens (tertiary/aromatic N) is 3. The van der Waals surface area contributed by atoms with Crippen LogP contribution in [0, 0.1) is 0 Å². The third-order valence-corrected chi connectivity index (χ3v) is 7.20. The molecule has 3 amide bonds. The van der Waals surface area contributed by atoms with Crippen LogP contribution in [-0.4, -0.2) is 59.3 Å². The van der Waals surface area contributed by atoms with E-state index in [0.717, 1.165) is 24.8 Å². The standard InChI is InChI=1S/C26H30ClN3O4/c1-34-15-7-14-30-24(32)17-26(25(30)33,20-9-2-3-10-21(20)27)16-23(31)29-13-5-4-11-22(29)19-8-6-12-28-18-19/h2-3,6,8-10,12,18,22H,4-5,7,11,13-17H2,1H3/t22-,26+/m0/s1. The predicted molar refractivity (Wildman–Crippen MR) is 128 cm³/mol. The topological polar surface area (TPSA) is 79.8 Å². The van der Waals surface area contributed by atoms with E-state index in [-0.39, 0.29) is 43.1 Å². The fourth-order valence-corrected chi connectivity index (χ4v) is 5.51. The first-order chi connectivity index (χ1) is 16.5. The molecule has 2 aliphatic rings. The summed E-state index contributed by atoms with van der Waals surface area (Å²) in [7, 11) is 1.58. The number of piperidine rings is 1. The monoisotopic (exact) mass is 483 g/mol. The molecule has 3 heterocycles.